The number of ether oxygens (including phenoxy) is 1. The van der Waals surface area contributed by atoms with Gasteiger partial charge in [0.05, 0.1) is 7.11 Å². The number of anilines is 1. The molecule has 0 aliphatic carbocycles. The predicted octanol–water partition coefficient (Wildman–Crippen LogP) is 3.22. The van der Waals surface area contributed by atoms with Crippen LogP contribution in [0, 0.1) is 11.2 Å². The van der Waals surface area contributed by atoms with Crippen molar-refractivity contribution in [2.45, 2.75) is 33.2 Å². The molecular formula is C14H20FNO2. The summed E-state index contributed by atoms with van der Waals surface area (Å²) in [6.45, 7) is 6.11. The van der Waals surface area contributed by atoms with E-state index in [2.05, 4.69) is 5.32 Å². The number of halogens is 1. The molecule has 1 aromatic rings. The van der Waals surface area contributed by atoms with E-state index >= 15 is 0 Å². The van der Waals surface area contributed by atoms with Crippen LogP contribution in [0.3, 0.4) is 0 Å². The minimum atomic E-state index is -0.475. The fourth-order valence-electron chi connectivity index (χ4n) is 1.73. The van der Waals surface area contributed by atoms with Crippen LogP contribution >= 0.6 is 0 Å². The van der Waals surface area contributed by atoms with Gasteiger partial charge in [0.25, 0.3) is 0 Å². The van der Waals surface area contributed by atoms with E-state index in [1.807, 2.05) is 20.8 Å². The van der Waals surface area contributed by atoms with Crippen molar-refractivity contribution in [2.75, 3.05) is 12.4 Å². The molecule has 1 rings (SSSR count). The van der Waals surface area contributed by atoms with Crippen molar-refractivity contribution in [3.8, 4) is 0 Å². The molecule has 18 heavy (non-hydrogen) atoms. The first-order chi connectivity index (χ1) is 8.31. The number of hydrogen-bond donors (Lipinski definition) is 1. The highest BCUT2D eigenvalue weighted by Crippen LogP contribution is 2.23. The standard InChI is InChI=1S/C14H20FNO2/c1-14(2,3)9-12(13(17)18-4)16-11-7-5-6-10(15)8-11/h5-8,12,16H,9H2,1-4H3. The second-order valence-corrected chi connectivity index (χ2v) is 5.50. The molecule has 0 heterocycles. The molecule has 1 aromatic carbocycles. The number of carbonyl (C=O) groups excluding carboxylic acids is 1. The SMILES string of the molecule is COC(=O)C(CC(C)(C)C)Nc1cccc(F)c1. The molecule has 0 saturated carbocycles. The van der Waals surface area contributed by atoms with Crippen LogP contribution in [0.25, 0.3) is 0 Å². The van der Waals surface area contributed by atoms with E-state index in [1.54, 1.807) is 12.1 Å². The average Bonchev–Trinajstić information content (AvgIpc) is 2.25. The van der Waals surface area contributed by atoms with Crippen LogP contribution in [-0.4, -0.2) is 19.1 Å². The minimum absolute atomic E-state index is 0.0286. The van der Waals surface area contributed by atoms with Crippen molar-refractivity contribution >= 4 is 11.7 Å². The Hall–Kier alpha value is -1.58. The van der Waals surface area contributed by atoms with E-state index in [4.69, 9.17) is 4.74 Å². The second-order valence-electron chi connectivity index (χ2n) is 5.50. The predicted molar refractivity (Wildman–Crippen MR) is 69.9 cm³/mol. The highest BCUT2D eigenvalue weighted by atomic mass is 19.1. The van der Waals surface area contributed by atoms with Crippen LogP contribution in [0.1, 0.15) is 27.2 Å². The van der Waals surface area contributed by atoms with Crippen LogP contribution < -0.4 is 5.32 Å². The number of hydrogen-bond acceptors (Lipinski definition) is 3. The van der Waals surface area contributed by atoms with Gasteiger partial charge in [-0.25, -0.2) is 9.18 Å². The third-order valence-corrected chi connectivity index (χ3v) is 2.47. The molecule has 0 fully saturated rings. The second kappa shape index (κ2) is 5.85. The van der Waals surface area contributed by atoms with Crippen molar-refractivity contribution in [1.82, 2.24) is 0 Å². The normalized spacial score (nSPS) is 12.9. The van der Waals surface area contributed by atoms with Crippen LogP contribution in [-0.2, 0) is 9.53 Å². The topological polar surface area (TPSA) is 38.3 Å². The summed E-state index contributed by atoms with van der Waals surface area (Å²) in [4.78, 5) is 11.7. The molecule has 4 heteroatoms. The Morgan fingerprint density at radius 1 is 1.44 bits per heavy atom. The van der Waals surface area contributed by atoms with E-state index < -0.39 is 6.04 Å². The zero-order valence-corrected chi connectivity index (χ0v) is 11.3. The summed E-state index contributed by atoms with van der Waals surface area (Å²) in [5.74, 6) is -0.673. The first kappa shape index (κ1) is 14.5. The van der Waals surface area contributed by atoms with Gasteiger partial charge in [-0.2, -0.15) is 0 Å². The maximum absolute atomic E-state index is 13.1. The van der Waals surface area contributed by atoms with Crippen molar-refractivity contribution in [3.05, 3.63) is 30.1 Å². The first-order valence-electron chi connectivity index (χ1n) is 5.92. The number of rotatable bonds is 4. The fraction of sp³-hybridized carbons (Fsp3) is 0.500. The molecule has 1 unspecified atom stereocenters. The van der Waals surface area contributed by atoms with Gasteiger partial charge in [0, 0.05) is 5.69 Å². The van der Waals surface area contributed by atoms with Crippen LogP contribution in [0.5, 0.6) is 0 Å². The summed E-state index contributed by atoms with van der Waals surface area (Å²) < 4.78 is 17.8. The van der Waals surface area contributed by atoms with Gasteiger partial charge >= 0.3 is 5.97 Å². The van der Waals surface area contributed by atoms with E-state index in [0.29, 0.717) is 12.1 Å². The third-order valence-electron chi connectivity index (χ3n) is 2.47. The summed E-state index contributed by atoms with van der Waals surface area (Å²) in [6.07, 6.45) is 0.607. The zero-order valence-electron chi connectivity index (χ0n) is 11.3. The number of carbonyl (C=O) groups is 1. The Bertz CT molecular complexity index is 413. The van der Waals surface area contributed by atoms with E-state index in [9.17, 15) is 9.18 Å². The molecule has 0 radical (unpaired) electrons. The van der Waals surface area contributed by atoms with Crippen molar-refractivity contribution in [2.24, 2.45) is 5.41 Å². The summed E-state index contributed by atoms with van der Waals surface area (Å²) >= 11 is 0. The third kappa shape index (κ3) is 4.73. The average molecular weight is 253 g/mol. The Morgan fingerprint density at radius 3 is 2.61 bits per heavy atom. The largest absolute Gasteiger partial charge is 0.467 e. The Labute approximate surface area is 107 Å². The molecule has 1 N–H and O–H groups in total. The molecule has 1 atom stereocenters. The van der Waals surface area contributed by atoms with Gasteiger partial charge in [-0.15, -0.1) is 0 Å². The molecular weight excluding hydrogens is 233 g/mol. The zero-order chi connectivity index (χ0) is 13.8. The summed E-state index contributed by atoms with van der Waals surface area (Å²) in [5, 5.41) is 3.01. The van der Waals surface area contributed by atoms with E-state index in [-0.39, 0.29) is 17.2 Å². The van der Waals surface area contributed by atoms with Crippen molar-refractivity contribution in [3.63, 3.8) is 0 Å². The molecule has 0 aromatic heterocycles. The van der Waals surface area contributed by atoms with Gasteiger partial charge in [0.1, 0.15) is 11.9 Å². The maximum atomic E-state index is 13.1. The van der Waals surface area contributed by atoms with Crippen molar-refractivity contribution in [1.29, 1.82) is 0 Å². The Morgan fingerprint density at radius 2 is 2.11 bits per heavy atom. The quantitative estimate of drug-likeness (QED) is 0.837. The molecule has 0 aliphatic rings. The molecule has 100 valence electrons. The van der Waals surface area contributed by atoms with Gasteiger partial charge in [-0.3, -0.25) is 0 Å². The maximum Gasteiger partial charge on any atom is 0.328 e. The first-order valence-corrected chi connectivity index (χ1v) is 5.92. The molecule has 0 saturated heterocycles. The number of esters is 1. The highest BCUT2D eigenvalue weighted by Gasteiger charge is 2.25. The number of methoxy groups -OCH3 is 1. The monoisotopic (exact) mass is 253 g/mol. The van der Waals surface area contributed by atoms with Gasteiger partial charge in [-0.05, 0) is 30.0 Å². The molecule has 0 amide bonds. The van der Waals surface area contributed by atoms with Crippen LogP contribution in [0.2, 0.25) is 0 Å². The van der Waals surface area contributed by atoms with E-state index in [0.717, 1.165) is 0 Å². The highest BCUT2D eigenvalue weighted by molar-refractivity contribution is 5.79. The molecule has 0 aliphatic heterocycles. The lowest BCUT2D eigenvalue weighted by atomic mass is 9.88. The smallest absolute Gasteiger partial charge is 0.328 e. The summed E-state index contributed by atoms with van der Waals surface area (Å²) in [7, 11) is 1.35. The number of benzene rings is 1. The fourth-order valence-corrected chi connectivity index (χ4v) is 1.73. The van der Waals surface area contributed by atoms with Gasteiger partial charge < -0.3 is 10.1 Å². The molecule has 0 spiro atoms. The molecule has 0 bridgehead atoms. The van der Waals surface area contributed by atoms with E-state index in [1.165, 1.54) is 19.2 Å². The summed E-state index contributed by atoms with van der Waals surface area (Å²) in [6, 6.07) is 5.57. The van der Waals surface area contributed by atoms with Crippen LogP contribution in [0.15, 0.2) is 24.3 Å². The summed E-state index contributed by atoms with van der Waals surface area (Å²) in [5.41, 5.74) is 0.550. The van der Waals surface area contributed by atoms with Gasteiger partial charge in [0.2, 0.25) is 0 Å². The van der Waals surface area contributed by atoms with Gasteiger partial charge in [-0.1, -0.05) is 26.8 Å². The number of nitrogens with one attached hydrogen (secondary N) is 1. The lowest BCUT2D eigenvalue weighted by Crippen LogP contribution is -2.34. The molecule has 3 nitrogen and oxygen atoms in total. The Balaban J connectivity index is 2.81. The lowest BCUT2D eigenvalue weighted by Gasteiger charge is -2.25. The van der Waals surface area contributed by atoms with Gasteiger partial charge in [0.15, 0.2) is 0 Å². The minimum Gasteiger partial charge on any atom is -0.467 e. The van der Waals surface area contributed by atoms with Crippen LogP contribution in [0.4, 0.5) is 10.1 Å². The van der Waals surface area contributed by atoms with Crippen molar-refractivity contribution < 1.29 is 13.9 Å². The lowest BCUT2D eigenvalue weighted by molar-refractivity contribution is -0.142. The Kier molecular flexibility index (Phi) is 4.70.